The van der Waals surface area contributed by atoms with E-state index in [0.717, 1.165) is 31.0 Å². The van der Waals surface area contributed by atoms with E-state index in [1.807, 2.05) is 30.9 Å². The molecule has 0 aliphatic carbocycles. The summed E-state index contributed by atoms with van der Waals surface area (Å²) in [6, 6.07) is 8.24. The highest BCUT2D eigenvalue weighted by atomic mass is 35.5. The lowest BCUT2D eigenvalue weighted by Crippen LogP contribution is -2.33. The summed E-state index contributed by atoms with van der Waals surface area (Å²) in [5.74, 6) is 0.221. The number of rotatable bonds is 9. The third kappa shape index (κ3) is 6.06. The number of hydrogen-bond acceptors (Lipinski definition) is 2. The normalized spacial score (nSPS) is 12.2. The van der Waals surface area contributed by atoms with E-state index in [4.69, 9.17) is 11.6 Å². The lowest BCUT2D eigenvalue weighted by atomic mass is 10.0. The first-order valence-electron chi connectivity index (χ1n) is 7.88. The number of carbonyl (C=O) groups excluding carboxylic acids is 1. The zero-order valence-corrected chi connectivity index (χ0v) is 14.1. The Morgan fingerprint density at radius 3 is 2.33 bits per heavy atom. The van der Waals surface area contributed by atoms with Crippen LogP contribution in [0.5, 0.6) is 0 Å². The van der Waals surface area contributed by atoms with Gasteiger partial charge in [0.05, 0.1) is 0 Å². The van der Waals surface area contributed by atoms with Crippen LogP contribution in [0.4, 0.5) is 0 Å². The molecule has 1 rings (SSSR count). The molecule has 0 aliphatic rings. The van der Waals surface area contributed by atoms with Crippen LogP contribution in [-0.2, 0) is 4.79 Å². The molecule has 1 aromatic rings. The van der Waals surface area contributed by atoms with Gasteiger partial charge in [0.2, 0.25) is 5.91 Å². The van der Waals surface area contributed by atoms with Crippen molar-refractivity contribution in [3.63, 3.8) is 0 Å². The molecule has 1 N–H and O–H groups in total. The van der Waals surface area contributed by atoms with Crippen molar-refractivity contribution in [1.29, 1.82) is 0 Å². The minimum Gasteiger partial charge on any atom is -0.343 e. The number of carbonyl (C=O) groups is 1. The Labute approximate surface area is 133 Å². The first-order valence-corrected chi connectivity index (χ1v) is 8.26. The number of halogens is 1. The van der Waals surface area contributed by atoms with E-state index < -0.39 is 0 Å². The van der Waals surface area contributed by atoms with Gasteiger partial charge in [0.15, 0.2) is 0 Å². The van der Waals surface area contributed by atoms with E-state index in [0.29, 0.717) is 13.0 Å². The Morgan fingerprint density at radius 2 is 1.81 bits per heavy atom. The van der Waals surface area contributed by atoms with Crippen molar-refractivity contribution in [2.45, 2.75) is 46.1 Å². The van der Waals surface area contributed by atoms with Gasteiger partial charge in [-0.05, 0) is 38.0 Å². The summed E-state index contributed by atoms with van der Waals surface area (Å²) in [6.07, 6.45) is 2.71. The van der Waals surface area contributed by atoms with E-state index in [1.54, 1.807) is 0 Å². The maximum absolute atomic E-state index is 12.0. The van der Waals surface area contributed by atoms with Gasteiger partial charge in [-0.1, -0.05) is 37.1 Å². The van der Waals surface area contributed by atoms with Gasteiger partial charge in [0.25, 0.3) is 0 Å². The van der Waals surface area contributed by atoms with Crippen molar-refractivity contribution in [2.24, 2.45) is 0 Å². The molecule has 1 atom stereocenters. The highest BCUT2D eigenvalue weighted by Gasteiger charge is 2.12. The summed E-state index contributed by atoms with van der Waals surface area (Å²) in [7, 11) is 0. The molecule has 1 aromatic carbocycles. The Balaban J connectivity index is 2.52. The number of hydrogen-bond donors (Lipinski definition) is 1. The summed E-state index contributed by atoms with van der Waals surface area (Å²) in [5, 5.41) is 4.26. The molecule has 118 valence electrons. The van der Waals surface area contributed by atoms with E-state index in [-0.39, 0.29) is 11.9 Å². The van der Waals surface area contributed by atoms with Crippen LogP contribution < -0.4 is 5.32 Å². The quantitative estimate of drug-likeness (QED) is 0.747. The van der Waals surface area contributed by atoms with Crippen LogP contribution >= 0.6 is 11.6 Å². The second kappa shape index (κ2) is 9.80. The minimum atomic E-state index is 0.221. The fourth-order valence-electron chi connectivity index (χ4n) is 2.46. The molecule has 4 heteroatoms. The molecule has 0 fully saturated rings. The van der Waals surface area contributed by atoms with Crippen LogP contribution in [0.3, 0.4) is 0 Å². The van der Waals surface area contributed by atoms with Gasteiger partial charge in [0, 0.05) is 37.1 Å². The van der Waals surface area contributed by atoms with Gasteiger partial charge in [0.1, 0.15) is 0 Å². The molecule has 1 amide bonds. The summed E-state index contributed by atoms with van der Waals surface area (Å²) in [6.45, 7) is 8.48. The summed E-state index contributed by atoms with van der Waals surface area (Å²) >= 11 is 5.94. The fourth-order valence-corrected chi connectivity index (χ4v) is 2.58. The van der Waals surface area contributed by atoms with E-state index in [9.17, 15) is 4.79 Å². The average Bonchev–Trinajstić information content (AvgIpc) is 2.48. The molecule has 0 spiro atoms. The van der Waals surface area contributed by atoms with Crippen LogP contribution in [0.2, 0.25) is 5.02 Å². The fraction of sp³-hybridized carbons (Fsp3) is 0.588. The summed E-state index contributed by atoms with van der Waals surface area (Å²) in [5.41, 5.74) is 1.23. The molecule has 0 bridgehead atoms. The highest BCUT2D eigenvalue weighted by molar-refractivity contribution is 6.30. The van der Waals surface area contributed by atoms with Gasteiger partial charge in [-0.15, -0.1) is 0 Å². The zero-order chi connectivity index (χ0) is 15.7. The monoisotopic (exact) mass is 310 g/mol. The maximum atomic E-state index is 12.0. The van der Waals surface area contributed by atoms with Gasteiger partial charge >= 0.3 is 0 Å². The second-order valence-electron chi connectivity index (χ2n) is 5.16. The third-order valence-corrected chi connectivity index (χ3v) is 3.95. The maximum Gasteiger partial charge on any atom is 0.223 e. The molecule has 0 aromatic heterocycles. The molecular weight excluding hydrogens is 284 g/mol. The molecule has 0 heterocycles. The molecule has 0 saturated carbocycles. The molecule has 3 nitrogen and oxygen atoms in total. The standard InChI is InChI=1S/C17H27ClN2O/c1-4-7-16(14-8-10-15(18)11-9-14)19-13-12-17(21)20(5-2)6-3/h8-11,16,19H,4-7,12-13H2,1-3H3. The lowest BCUT2D eigenvalue weighted by Gasteiger charge is -2.21. The van der Waals surface area contributed by atoms with Crippen LogP contribution in [0.15, 0.2) is 24.3 Å². The molecule has 1 unspecified atom stereocenters. The van der Waals surface area contributed by atoms with E-state index >= 15 is 0 Å². The third-order valence-electron chi connectivity index (χ3n) is 3.70. The molecule has 0 aliphatic heterocycles. The number of nitrogens with zero attached hydrogens (tertiary/aromatic N) is 1. The number of amides is 1. The first kappa shape index (κ1) is 18.0. The summed E-state index contributed by atoms with van der Waals surface area (Å²) in [4.78, 5) is 13.9. The van der Waals surface area contributed by atoms with Gasteiger partial charge in [-0.25, -0.2) is 0 Å². The Hall–Kier alpha value is -1.06. The molecule has 21 heavy (non-hydrogen) atoms. The smallest absolute Gasteiger partial charge is 0.223 e. The predicted molar refractivity (Wildman–Crippen MR) is 89.6 cm³/mol. The van der Waals surface area contributed by atoms with Crippen LogP contribution in [0, 0.1) is 0 Å². The van der Waals surface area contributed by atoms with Crippen LogP contribution in [0.25, 0.3) is 0 Å². The van der Waals surface area contributed by atoms with E-state index in [2.05, 4.69) is 24.4 Å². The van der Waals surface area contributed by atoms with Gasteiger partial charge < -0.3 is 10.2 Å². The number of benzene rings is 1. The van der Waals surface area contributed by atoms with Crippen molar-refractivity contribution >= 4 is 17.5 Å². The lowest BCUT2D eigenvalue weighted by molar-refractivity contribution is -0.130. The van der Waals surface area contributed by atoms with Crippen molar-refractivity contribution in [3.8, 4) is 0 Å². The predicted octanol–water partition coefficient (Wildman–Crippen LogP) is 4.03. The Bertz CT molecular complexity index is 415. The zero-order valence-electron chi connectivity index (χ0n) is 13.4. The Morgan fingerprint density at radius 1 is 1.19 bits per heavy atom. The van der Waals surface area contributed by atoms with E-state index in [1.165, 1.54) is 5.56 Å². The molecule has 0 radical (unpaired) electrons. The molecular formula is C17H27ClN2O. The van der Waals surface area contributed by atoms with Gasteiger partial charge in [-0.2, -0.15) is 0 Å². The second-order valence-corrected chi connectivity index (χ2v) is 5.60. The first-order chi connectivity index (χ1) is 10.1. The summed E-state index contributed by atoms with van der Waals surface area (Å²) < 4.78 is 0. The van der Waals surface area contributed by atoms with Crippen molar-refractivity contribution in [3.05, 3.63) is 34.9 Å². The highest BCUT2D eigenvalue weighted by Crippen LogP contribution is 2.20. The van der Waals surface area contributed by atoms with Gasteiger partial charge in [-0.3, -0.25) is 4.79 Å². The largest absolute Gasteiger partial charge is 0.343 e. The topological polar surface area (TPSA) is 32.3 Å². The van der Waals surface area contributed by atoms with Crippen molar-refractivity contribution in [1.82, 2.24) is 10.2 Å². The van der Waals surface area contributed by atoms with Crippen LogP contribution in [-0.4, -0.2) is 30.4 Å². The van der Waals surface area contributed by atoms with Crippen molar-refractivity contribution < 1.29 is 4.79 Å². The average molecular weight is 311 g/mol. The Kier molecular flexibility index (Phi) is 8.40. The SMILES string of the molecule is CCCC(NCCC(=O)N(CC)CC)c1ccc(Cl)cc1. The number of nitrogens with one attached hydrogen (secondary N) is 1. The van der Waals surface area contributed by atoms with Crippen molar-refractivity contribution in [2.75, 3.05) is 19.6 Å². The van der Waals surface area contributed by atoms with Crippen LogP contribution in [0.1, 0.15) is 51.6 Å². The minimum absolute atomic E-state index is 0.221. The molecule has 0 saturated heterocycles.